The molecule has 0 spiro atoms. The van der Waals surface area contributed by atoms with E-state index in [4.69, 9.17) is 4.74 Å². The van der Waals surface area contributed by atoms with Crippen molar-refractivity contribution < 1.29 is 43.1 Å². The van der Waals surface area contributed by atoms with Gasteiger partial charge < -0.3 is 9.29 Å². The zero-order chi connectivity index (χ0) is 12.1. The molecule has 0 aromatic heterocycles. The summed E-state index contributed by atoms with van der Waals surface area (Å²) in [4.78, 5) is 0.313. The van der Waals surface area contributed by atoms with E-state index < -0.39 is 11.1 Å². The number of ether oxygens (including phenoxy) is 1. The van der Waals surface area contributed by atoms with Crippen LogP contribution in [0.5, 0.6) is 5.75 Å². The zero-order valence-electron chi connectivity index (χ0n) is 10.9. The van der Waals surface area contributed by atoms with Crippen molar-refractivity contribution in [3.05, 3.63) is 23.8 Å². The number of benzene rings is 1. The van der Waals surface area contributed by atoms with E-state index in [1.54, 1.807) is 18.2 Å². The van der Waals surface area contributed by atoms with E-state index in [0.717, 1.165) is 17.7 Å². The van der Waals surface area contributed by atoms with E-state index in [9.17, 15) is 8.76 Å². The molecule has 0 aliphatic carbocycles. The molecule has 0 aliphatic heterocycles. The summed E-state index contributed by atoms with van der Waals surface area (Å²) in [6, 6.07) is 4.98. The fraction of sp³-hybridized carbons (Fsp3) is 0.500. The van der Waals surface area contributed by atoms with Gasteiger partial charge in [-0.25, -0.2) is 0 Å². The maximum atomic E-state index is 10.9. The number of hydrogen-bond acceptors (Lipinski definition) is 3. The molecule has 0 fully saturated rings. The van der Waals surface area contributed by atoms with Crippen molar-refractivity contribution in [2.45, 2.75) is 38.0 Å². The molecule has 0 radical (unpaired) electrons. The van der Waals surface area contributed by atoms with E-state index in [0.29, 0.717) is 11.5 Å². The van der Waals surface area contributed by atoms with Crippen molar-refractivity contribution in [1.29, 1.82) is 0 Å². The first-order valence-electron chi connectivity index (χ1n) is 5.42. The molecule has 0 aliphatic rings. The minimum Gasteiger partial charge on any atom is -0.768 e. The van der Waals surface area contributed by atoms with Gasteiger partial charge in [-0.05, 0) is 47.2 Å². The summed E-state index contributed by atoms with van der Waals surface area (Å²) < 4.78 is 27.3. The number of rotatable bonds is 5. The first-order chi connectivity index (χ1) is 7.56. The molecule has 0 saturated heterocycles. The van der Waals surface area contributed by atoms with Gasteiger partial charge in [-0.2, -0.15) is 0 Å². The Kier molecular flexibility index (Phi) is 8.33. The Hall–Kier alpha value is 0.130. The van der Waals surface area contributed by atoms with Crippen molar-refractivity contribution in [3.8, 4) is 5.75 Å². The SMILES string of the molecule is CCCOc1ccc(S(=O)[O-])cc1C(C)C.[Na+]. The number of hydrogen-bond donors (Lipinski definition) is 0. The molecular formula is C12H17NaO3S. The topological polar surface area (TPSA) is 49.4 Å². The minimum atomic E-state index is -2.18. The smallest absolute Gasteiger partial charge is 0.768 e. The van der Waals surface area contributed by atoms with Gasteiger partial charge in [0.15, 0.2) is 0 Å². The Bertz CT molecular complexity index is 380. The van der Waals surface area contributed by atoms with Gasteiger partial charge in [0.1, 0.15) is 5.75 Å². The average molecular weight is 264 g/mol. The summed E-state index contributed by atoms with van der Waals surface area (Å²) in [5, 5.41) is 0. The van der Waals surface area contributed by atoms with Crippen LogP contribution >= 0.6 is 0 Å². The fourth-order valence-electron chi connectivity index (χ4n) is 1.42. The molecule has 0 N–H and O–H groups in total. The van der Waals surface area contributed by atoms with Gasteiger partial charge in [-0.1, -0.05) is 20.8 Å². The van der Waals surface area contributed by atoms with Gasteiger partial charge in [-0.15, -0.1) is 0 Å². The maximum Gasteiger partial charge on any atom is 1.00 e. The molecule has 0 heterocycles. The molecule has 1 aromatic carbocycles. The second-order valence-corrected chi connectivity index (χ2v) is 4.88. The molecule has 0 saturated carbocycles. The monoisotopic (exact) mass is 264 g/mol. The van der Waals surface area contributed by atoms with Crippen LogP contribution in [0.4, 0.5) is 0 Å². The summed E-state index contributed by atoms with van der Waals surface area (Å²) in [5.74, 6) is 1.03. The van der Waals surface area contributed by atoms with Crippen molar-refractivity contribution >= 4 is 11.1 Å². The predicted molar refractivity (Wildman–Crippen MR) is 63.5 cm³/mol. The Labute approximate surface area is 128 Å². The minimum absolute atomic E-state index is 0. The first-order valence-corrected chi connectivity index (χ1v) is 6.49. The third-order valence-corrected chi connectivity index (χ3v) is 2.90. The van der Waals surface area contributed by atoms with E-state index in [1.165, 1.54) is 0 Å². The van der Waals surface area contributed by atoms with Crippen LogP contribution in [0, 0.1) is 0 Å². The van der Waals surface area contributed by atoms with Crippen molar-refractivity contribution in [1.82, 2.24) is 0 Å². The van der Waals surface area contributed by atoms with Crippen molar-refractivity contribution in [3.63, 3.8) is 0 Å². The van der Waals surface area contributed by atoms with Crippen LogP contribution in [0.25, 0.3) is 0 Å². The second kappa shape index (κ2) is 8.27. The van der Waals surface area contributed by atoms with Crippen LogP contribution < -0.4 is 34.3 Å². The first kappa shape index (κ1) is 17.1. The average Bonchev–Trinajstić information content (AvgIpc) is 2.25. The predicted octanol–water partition coefficient (Wildman–Crippen LogP) is -0.159. The molecule has 1 unspecified atom stereocenters. The summed E-state index contributed by atoms with van der Waals surface area (Å²) in [6.07, 6.45) is 0.937. The van der Waals surface area contributed by atoms with Crippen molar-refractivity contribution in [2.75, 3.05) is 6.61 Å². The molecule has 0 bridgehead atoms. The third kappa shape index (κ3) is 5.10. The van der Waals surface area contributed by atoms with Crippen LogP contribution in [-0.4, -0.2) is 15.4 Å². The molecule has 17 heavy (non-hydrogen) atoms. The molecular weight excluding hydrogens is 247 g/mol. The molecule has 3 nitrogen and oxygen atoms in total. The summed E-state index contributed by atoms with van der Waals surface area (Å²) in [6.45, 7) is 6.73. The van der Waals surface area contributed by atoms with Crippen LogP contribution in [0.1, 0.15) is 38.7 Å². The van der Waals surface area contributed by atoms with Crippen molar-refractivity contribution in [2.24, 2.45) is 0 Å². The Morgan fingerprint density at radius 3 is 2.53 bits per heavy atom. The van der Waals surface area contributed by atoms with Gasteiger partial charge in [-0.3, -0.25) is 4.21 Å². The summed E-state index contributed by atoms with van der Waals surface area (Å²) in [7, 11) is 0. The van der Waals surface area contributed by atoms with Gasteiger partial charge in [0, 0.05) is 4.90 Å². The fourth-order valence-corrected chi connectivity index (χ4v) is 1.83. The molecule has 90 valence electrons. The molecule has 1 atom stereocenters. The molecule has 1 rings (SSSR count). The van der Waals surface area contributed by atoms with Crippen LogP contribution in [0.3, 0.4) is 0 Å². The van der Waals surface area contributed by atoms with Gasteiger partial charge >= 0.3 is 29.6 Å². The van der Waals surface area contributed by atoms with E-state index in [-0.39, 0.29) is 35.5 Å². The Balaban J connectivity index is 0.00000256. The molecule has 5 heteroatoms. The third-order valence-electron chi connectivity index (χ3n) is 2.26. The zero-order valence-corrected chi connectivity index (χ0v) is 13.7. The van der Waals surface area contributed by atoms with Gasteiger partial charge in [0.2, 0.25) is 0 Å². The van der Waals surface area contributed by atoms with Crippen LogP contribution in [0.15, 0.2) is 23.1 Å². The second-order valence-electron chi connectivity index (χ2n) is 3.94. The summed E-state index contributed by atoms with van der Waals surface area (Å²) in [5.41, 5.74) is 0.940. The normalized spacial score (nSPS) is 12.1. The molecule has 0 amide bonds. The largest absolute Gasteiger partial charge is 1.00 e. The quantitative estimate of drug-likeness (QED) is 0.548. The summed E-state index contributed by atoms with van der Waals surface area (Å²) >= 11 is -2.18. The van der Waals surface area contributed by atoms with E-state index in [2.05, 4.69) is 0 Å². The maximum absolute atomic E-state index is 10.9. The standard InChI is InChI=1S/C12H18O3S.Na/c1-4-7-15-12-6-5-10(16(13)14)8-11(12)9(2)3;/h5-6,8-9H,4,7H2,1-3H3,(H,13,14);/q;+1/p-1. The molecule has 1 aromatic rings. The Morgan fingerprint density at radius 2 is 2.06 bits per heavy atom. The van der Waals surface area contributed by atoms with Gasteiger partial charge in [0.25, 0.3) is 0 Å². The van der Waals surface area contributed by atoms with Crippen LogP contribution in [-0.2, 0) is 11.1 Å². The van der Waals surface area contributed by atoms with E-state index in [1.807, 2.05) is 20.8 Å². The van der Waals surface area contributed by atoms with E-state index >= 15 is 0 Å². The van der Waals surface area contributed by atoms with Crippen LogP contribution in [0.2, 0.25) is 0 Å². The Morgan fingerprint density at radius 1 is 1.41 bits per heavy atom. The van der Waals surface area contributed by atoms with Gasteiger partial charge in [0.05, 0.1) is 6.61 Å².